The number of ether oxygens (including phenoxy) is 1. The molecule has 2 N–H and O–H groups in total. The Balaban J connectivity index is 0.00000186. The normalized spacial score (nSPS) is 20.6. The van der Waals surface area contributed by atoms with E-state index < -0.39 is 5.82 Å². The maximum absolute atomic E-state index is 13.6. The summed E-state index contributed by atoms with van der Waals surface area (Å²) in [5, 5.41) is 9.86. The van der Waals surface area contributed by atoms with Gasteiger partial charge in [-0.3, -0.25) is 9.59 Å². The van der Waals surface area contributed by atoms with Crippen molar-refractivity contribution in [3.63, 3.8) is 0 Å². The molecule has 37 heavy (non-hydrogen) atoms. The molecular weight excluding hydrogens is 477 g/mol. The van der Waals surface area contributed by atoms with Gasteiger partial charge in [-0.15, -0.1) is 0 Å². The van der Waals surface area contributed by atoms with E-state index in [2.05, 4.69) is 25.8 Å². The van der Waals surface area contributed by atoms with Crippen molar-refractivity contribution < 1.29 is 23.6 Å². The van der Waals surface area contributed by atoms with E-state index in [0.29, 0.717) is 41.1 Å². The third-order valence-corrected chi connectivity index (χ3v) is 6.63. The summed E-state index contributed by atoms with van der Waals surface area (Å²) in [5.74, 6) is 0.682. The van der Waals surface area contributed by atoms with Gasteiger partial charge in [-0.25, -0.2) is 14.4 Å². The number of aryl methyl sites for hydroxylation is 1. The lowest BCUT2D eigenvalue weighted by molar-refractivity contribution is -0.109. The number of carbonyl (C=O) groups is 2. The molecule has 2 heterocycles. The maximum Gasteiger partial charge on any atom is 0.270 e. The first-order valence-corrected chi connectivity index (χ1v) is 12.8. The van der Waals surface area contributed by atoms with Crippen LogP contribution < -0.4 is 15.4 Å². The number of amides is 2. The van der Waals surface area contributed by atoms with Crippen molar-refractivity contribution in [2.24, 2.45) is 17.0 Å². The second-order valence-electron chi connectivity index (χ2n) is 9.03. The number of hydrogen-bond acceptors (Lipinski definition) is 7. The van der Waals surface area contributed by atoms with Crippen molar-refractivity contribution in [3.8, 4) is 5.75 Å². The van der Waals surface area contributed by atoms with E-state index in [9.17, 15) is 14.0 Å². The van der Waals surface area contributed by atoms with Gasteiger partial charge in [0, 0.05) is 19.5 Å². The molecule has 2 aromatic rings. The largest absolute Gasteiger partial charge is 0.494 e. The zero-order chi connectivity index (χ0) is 26.8. The number of oxime groups is 1. The molecule has 1 aliphatic carbocycles. The van der Waals surface area contributed by atoms with Crippen LogP contribution in [0.1, 0.15) is 73.5 Å². The predicted molar refractivity (Wildman–Crippen MR) is 138 cm³/mol. The molecule has 0 spiro atoms. The van der Waals surface area contributed by atoms with Crippen molar-refractivity contribution in [1.29, 1.82) is 0 Å². The van der Waals surface area contributed by atoms with Gasteiger partial charge in [0.05, 0.1) is 12.8 Å². The molecule has 10 heteroatoms. The fraction of sp³-hybridized carbons (Fsp3) is 0.519. The van der Waals surface area contributed by atoms with Crippen molar-refractivity contribution in [3.05, 3.63) is 52.9 Å². The summed E-state index contributed by atoms with van der Waals surface area (Å²) in [4.78, 5) is 37.8. The SMILES string of the molecule is CC.COc1cc(CNC(=O)c2cc(C3=NOC(C4CCC(CNC=O)CC4)C3)nc(C)n2)ccc1F. The van der Waals surface area contributed by atoms with Crippen LogP contribution in [0.2, 0.25) is 0 Å². The maximum atomic E-state index is 13.6. The molecule has 1 aromatic heterocycles. The van der Waals surface area contributed by atoms with Gasteiger partial charge < -0.3 is 20.2 Å². The molecule has 1 atom stereocenters. The summed E-state index contributed by atoms with van der Waals surface area (Å²) in [5.41, 5.74) is 2.23. The van der Waals surface area contributed by atoms with Crippen LogP contribution in [-0.4, -0.2) is 47.8 Å². The number of nitrogens with one attached hydrogen (secondary N) is 2. The third-order valence-electron chi connectivity index (χ3n) is 6.63. The number of hydrogen-bond donors (Lipinski definition) is 2. The molecular formula is C27H36FN5O4. The zero-order valence-corrected chi connectivity index (χ0v) is 21.9. The van der Waals surface area contributed by atoms with Crippen LogP contribution in [0.4, 0.5) is 4.39 Å². The Labute approximate surface area is 217 Å². The highest BCUT2D eigenvalue weighted by molar-refractivity contribution is 6.01. The summed E-state index contributed by atoms with van der Waals surface area (Å²) in [6.45, 7) is 6.65. The van der Waals surface area contributed by atoms with Crippen LogP contribution in [0.15, 0.2) is 29.4 Å². The van der Waals surface area contributed by atoms with Gasteiger partial charge >= 0.3 is 0 Å². The number of carbonyl (C=O) groups excluding carboxylic acids is 2. The number of benzene rings is 1. The minimum Gasteiger partial charge on any atom is -0.494 e. The zero-order valence-electron chi connectivity index (χ0n) is 21.9. The first-order valence-electron chi connectivity index (χ1n) is 12.8. The first kappa shape index (κ1) is 28.0. The Morgan fingerprint density at radius 1 is 1.19 bits per heavy atom. The second-order valence-corrected chi connectivity index (χ2v) is 9.03. The second kappa shape index (κ2) is 13.7. The van der Waals surface area contributed by atoms with Gasteiger partial charge in [-0.2, -0.15) is 0 Å². The van der Waals surface area contributed by atoms with Gasteiger partial charge in [0.25, 0.3) is 5.91 Å². The van der Waals surface area contributed by atoms with E-state index in [-0.39, 0.29) is 30.0 Å². The fourth-order valence-electron chi connectivity index (χ4n) is 4.70. The molecule has 1 aromatic carbocycles. The standard InChI is InChI=1S/C25H30FN5O4.C2H6/c1-15-29-20(21-11-23(35-31-21)18-6-3-16(4-7-18)12-27-14-32)10-22(30-15)25(33)28-13-17-5-8-19(26)24(9-17)34-2;1-2/h5,8-10,14,16,18,23H,3-4,6-7,11-13H2,1-2H3,(H,27,32)(H,28,33);1-2H3. The van der Waals surface area contributed by atoms with Gasteiger partial charge in [-0.1, -0.05) is 25.1 Å². The number of methoxy groups -OCH3 is 1. The molecule has 200 valence electrons. The minimum absolute atomic E-state index is 0.00835. The summed E-state index contributed by atoms with van der Waals surface area (Å²) < 4.78 is 18.6. The van der Waals surface area contributed by atoms with E-state index >= 15 is 0 Å². The highest BCUT2D eigenvalue weighted by Gasteiger charge is 2.34. The van der Waals surface area contributed by atoms with Crippen LogP contribution in [-0.2, 0) is 16.2 Å². The van der Waals surface area contributed by atoms with E-state index in [1.807, 2.05) is 13.8 Å². The Morgan fingerprint density at radius 2 is 1.95 bits per heavy atom. The molecule has 1 unspecified atom stereocenters. The molecule has 0 radical (unpaired) electrons. The molecule has 4 rings (SSSR count). The monoisotopic (exact) mass is 513 g/mol. The van der Waals surface area contributed by atoms with E-state index in [4.69, 9.17) is 9.57 Å². The predicted octanol–water partition coefficient (Wildman–Crippen LogP) is 3.93. The lowest BCUT2D eigenvalue weighted by atomic mass is 9.78. The lowest BCUT2D eigenvalue weighted by Crippen LogP contribution is -2.30. The van der Waals surface area contributed by atoms with Gasteiger partial charge in [-0.05, 0) is 68.2 Å². The molecule has 9 nitrogen and oxygen atoms in total. The quantitative estimate of drug-likeness (QED) is 0.491. The fourth-order valence-corrected chi connectivity index (χ4v) is 4.70. The Kier molecular flexibility index (Phi) is 10.3. The Bertz CT molecular complexity index is 1100. The molecule has 2 amide bonds. The number of nitrogens with zero attached hydrogens (tertiary/aromatic N) is 3. The average Bonchev–Trinajstić information content (AvgIpc) is 3.43. The van der Waals surface area contributed by atoms with Gasteiger partial charge in [0.1, 0.15) is 23.3 Å². The summed E-state index contributed by atoms with van der Waals surface area (Å²) in [7, 11) is 1.39. The molecule has 1 fully saturated rings. The topological polar surface area (TPSA) is 115 Å². The molecule has 1 aliphatic heterocycles. The van der Waals surface area contributed by atoms with E-state index in [1.165, 1.54) is 13.2 Å². The number of aromatic nitrogens is 2. The third kappa shape index (κ3) is 7.47. The van der Waals surface area contributed by atoms with Crippen LogP contribution in [0.25, 0.3) is 0 Å². The van der Waals surface area contributed by atoms with Gasteiger partial charge in [0.15, 0.2) is 11.6 Å². The van der Waals surface area contributed by atoms with Crippen LogP contribution >= 0.6 is 0 Å². The molecule has 2 aliphatic rings. The van der Waals surface area contributed by atoms with Crippen molar-refractivity contribution in [1.82, 2.24) is 20.6 Å². The van der Waals surface area contributed by atoms with Crippen LogP contribution in [0, 0.1) is 24.6 Å². The van der Waals surface area contributed by atoms with Crippen LogP contribution in [0.5, 0.6) is 5.75 Å². The van der Waals surface area contributed by atoms with Crippen molar-refractivity contribution in [2.75, 3.05) is 13.7 Å². The number of rotatable bonds is 9. The summed E-state index contributed by atoms with van der Waals surface area (Å²) in [6.07, 6.45) is 5.55. The molecule has 0 saturated heterocycles. The number of halogens is 1. The highest BCUT2D eigenvalue weighted by atomic mass is 19.1. The van der Waals surface area contributed by atoms with Gasteiger partial charge in [0.2, 0.25) is 6.41 Å². The lowest BCUT2D eigenvalue weighted by Gasteiger charge is -2.30. The Hall–Kier alpha value is -3.56. The van der Waals surface area contributed by atoms with Crippen molar-refractivity contribution in [2.45, 2.75) is 65.5 Å². The average molecular weight is 514 g/mol. The summed E-state index contributed by atoms with van der Waals surface area (Å²) in [6, 6.07) is 6.06. The van der Waals surface area contributed by atoms with Crippen molar-refractivity contribution >= 4 is 18.0 Å². The highest BCUT2D eigenvalue weighted by Crippen LogP contribution is 2.35. The minimum atomic E-state index is -0.459. The summed E-state index contributed by atoms with van der Waals surface area (Å²) >= 11 is 0. The Morgan fingerprint density at radius 3 is 2.65 bits per heavy atom. The smallest absolute Gasteiger partial charge is 0.270 e. The molecule has 0 bridgehead atoms. The first-order chi connectivity index (χ1) is 18.0. The van der Waals surface area contributed by atoms with E-state index in [1.54, 1.807) is 25.1 Å². The van der Waals surface area contributed by atoms with E-state index in [0.717, 1.165) is 38.6 Å². The van der Waals surface area contributed by atoms with Crippen LogP contribution in [0.3, 0.4) is 0 Å². The molecule has 1 saturated carbocycles.